The van der Waals surface area contributed by atoms with Gasteiger partial charge in [0.25, 0.3) is 0 Å². The second-order valence-electron chi connectivity index (χ2n) is 5.63. The van der Waals surface area contributed by atoms with Crippen molar-refractivity contribution in [1.29, 1.82) is 0 Å². The summed E-state index contributed by atoms with van der Waals surface area (Å²) in [7, 11) is 0. The lowest BCUT2D eigenvalue weighted by Gasteiger charge is -2.27. The van der Waals surface area contributed by atoms with Crippen LogP contribution in [0.5, 0.6) is 0 Å². The molecular weight excluding hydrogens is 290 g/mol. The van der Waals surface area contributed by atoms with E-state index < -0.39 is 0 Å². The van der Waals surface area contributed by atoms with Crippen LogP contribution in [0.4, 0.5) is 5.88 Å². The molecule has 0 aliphatic carbocycles. The molecule has 1 aromatic heterocycles. The van der Waals surface area contributed by atoms with Crippen molar-refractivity contribution in [2.45, 2.75) is 0 Å². The normalized spacial score (nSPS) is 15.0. The molecule has 2 aromatic carbocycles. The molecule has 0 bridgehead atoms. The number of fused-ring (bicyclic) bond motifs is 1. The van der Waals surface area contributed by atoms with Crippen molar-refractivity contribution in [3.8, 4) is 11.1 Å². The Morgan fingerprint density at radius 1 is 0.870 bits per heavy atom. The zero-order valence-corrected chi connectivity index (χ0v) is 12.7. The molecule has 2 heterocycles. The van der Waals surface area contributed by atoms with Crippen LogP contribution in [0, 0.1) is 0 Å². The lowest BCUT2D eigenvalue weighted by Crippen LogP contribution is -2.36. The quantitative estimate of drug-likeness (QED) is 0.728. The van der Waals surface area contributed by atoms with E-state index in [1.165, 1.54) is 0 Å². The number of hydrogen-bond donors (Lipinski definition) is 0. The molecule has 0 radical (unpaired) electrons. The third kappa shape index (κ3) is 2.73. The Balaban J connectivity index is 1.81. The maximum Gasteiger partial charge on any atom is 0.200 e. The highest BCUT2D eigenvalue weighted by Crippen LogP contribution is 2.26. The van der Waals surface area contributed by atoms with Crippen LogP contribution in [0.1, 0.15) is 0 Å². The maximum atomic E-state index is 12.4. The molecule has 0 spiro atoms. The fraction of sp³-hybridized carbons (Fsp3) is 0.211. The zero-order chi connectivity index (χ0) is 15.6. The zero-order valence-electron chi connectivity index (χ0n) is 12.7. The van der Waals surface area contributed by atoms with Gasteiger partial charge in [0.15, 0.2) is 11.3 Å². The summed E-state index contributed by atoms with van der Waals surface area (Å²) < 4.78 is 11.4. The maximum absolute atomic E-state index is 12.4. The van der Waals surface area contributed by atoms with Gasteiger partial charge in [0, 0.05) is 19.2 Å². The van der Waals surface area contributed by atoms with Crippen molar-refractivity contribution in [3.05, 3.63) is 64.8 Å². The highest BCUT2D eigenvalue weighted by Gasteiger charge is 2.15. The van der Waals surface area contributed by atoms with Crippen molar-refractivity contribution in [3.63, 3.8) is 0 Å². The van der Waals surface area contributed by atoms with Gasteiger partial charge in [-0.1, -0.05) is 36.4 Å². The number of nitrogens with zero attached hydrogens (tertiary/aromatic N) is 1. The second kappa shape index (κ2) is 5.89. The molecule has 0 unspecified atom stereocenters. The fourth-order valence-electron chi connectivity index (χ4n) is 2.89. The first kappa shape index (κ1) is 14.0. The summed E-state index contributed by atoms with van der Waals surface area (Å²) in [5.41, 5.74) is 2.77. The van der Waals surface area contributed by atoms with Gasteiger partial charge in [-0.2, -0.15) is 0 Å². The first-order chi connectivity index (χ1) is 11.3. The number of ether oxygens (including phenoxy) is 1. The standard InChI is InChI=1S/C19H17NO3/c21-17-13-19(20-8-10-22-11-9-20)23-18-12-15(6-7-16(17)18)14-4-2-1-3-5-14/h1-7,12-13H,8-11H2. The summed E-state index contributed by atoms with van der Waals surface area (Å²) in [6, 6.07) is 17.4. The van der Waals surface area contributed by atoms with Gasteiger partial charge in [-0.25, -0.2) is 0 Å². The Hall–Kier alpha value is -2.59. The Morgan fingerprint density at radius 2 is 1.65 bits per heavy atom. The van der Waals surface area contributed by atoms with Gasteiger partial charge in [0.2, 0.25) is 0 Å². The van der Waals surface area contributed by atoms with Gasteiger partial charge >= 0.3 is 0 Å². The molecule has 4 rings (SSSR count). The van der Waals surface area contributed by atoms with E-state index in [2.05, 4.69) is 4.90 Å². The topological polar surface area (TPSA) is 42.7 Å². The number of morpholine rings is 1. The van der Waals surface area contributed by atoms with Crippen LogP contribution in [0.15, 0.2) is 63.8 Å². The molecule has 23 heavy (non-hydrogen) atoms. The minimum atomic E-state index is -0.00708. The van der Waals surface area contributed by atoms with Gasteiger partial charge in [-0.15, -0.1) is 0 Å². The Kier molecular flexibility index (Phi) is 3.60. The van der Waals surface area contributed by atoms with Crippen LogP contribution in [-0.2, 0) is 4.74 Å². The van der Waals surface area contributed by atoms with Crippen molar-refractivity contribution in [2.75, 3.05) is 31.2 Å². The molecule has 0 atom stereocenters. The molecule has 4 nitrogen and oxygen atoms in total. The van der Waals surface area contributed by atoms with Gasteiger partial charge in [-0.3, -0.25) is 4.79 Å². The largest absolute Gasteiger partial charge is 0.440 e. The van der Waals surface area contributed by atoms with Crippen LogP contribution < -0.4 is 10.3 Å². The van der Waals surface area contributed by atoms with Crippen molar-refractivity contribution >= 4 is 16.9 Å². The van der Waals surface area contributed by atoms with E-state index >= 15 is 0 Å². The SMILES string of the molecule is O=c1cc(N2CCOCC2)oc2cc(-c3ccccc3)ccc12. The molecule has 1 fully saturated rings. The highest BCUT2D eigenvalue weighted by molar-refractivity contribution is 5.83. The lowest BCUT2D eigenvalue weighted by atomic mass is 10.0. The van der Waals surface area contributed by atoms with E-state index in [1.807, 2.05) is 48.5 Å². The number of hydrogen-bond acceptors (Lipinski definition) is 4. The van der Waals surface area contributed by atoms with E-state index in [1.54, 1.807) is 6.07 Å². The number of anilines is 1. The summed E-state index contributed by atoms with van der Waals surface area (Å²) in [5.74, 6) is 0.621. The van der Waals surface area contributed by atoms with E-state index in [9.17, 15) is 4.79 Å². The smallest absolute Gasteiger partial charge is 0.200 e. The van der Waals surface area contributed by atoms with Crippen LogP contribution in [0.2, 0.25) is 0 Å². The summed E-state index contributed by atoms with van der Waals surface area (Å²) in [6.45, 7) is 2.80. The molecule has 3 aromatic rings. The molecule has 4 heteroatoms. The Morgan fingerprint density at radius 3 is 2.43 bits per heavy atom. The number of benzene rings is 2. The Labute approximate surface area is 133 Å². The summed E-state index contributed by atoms with van der Waals surface area (Å²) in [4.78, 5) is 14.4. The van der Waals surface area contributed by atoms with Gasteiger partial charge < -0.3 is 14.1 Å². The monoisotopic (exact) mass is 307 g/mol. The van der Waals surface area contributed by atoms with Crippen LogP contribution in [0.25, 0.3) is 22.1 Å². The minimum Gasteiger partial charge on any atom is -0.440 e. The van der Waals surface area contributed by atoms with Crippen molar-refractivity contribution < 1.29 is 9.15 Å². The fourth-order valence-corrected chi connectivity index (χ4v) is 2.89. The van der Waals surface area contributed by atoms with Gasteiger partial charge in [0.05, 0.1) is 18.6 Å². The molecule has 0 amide bonds. The first-order valence-electron chi connectivity index (χ1n) is 7.77. The first-order valence-corrected chi connectivity index (χ1v) is 7.77. The minimum absolute atomic E-state index is 0.00708. The summed E-state index contributed by atoms with van der Waals surface area (Å²) in [6.07, 6.45) is 0. The van der Waals surface area contributed by atoms with Gasteiger partial charge in [0.1, 0.15) is 5.58 Å². The predicted octanol–water partition coefficient (Wildman–Crippen LogP) is 3.30. The molecule has 0 N–H and O–H groups in total. The molecule has 1 saturated heterocycles. The van der Waals surface area contributed by atoms with E-state index in [0.717, 1.165) is 24.2 Å². The molecule has 0 saturated carbocycles. The van der Waals surface area contributed by atoms with Crippen LogP contribution in [-0.4, -0.2) is 26.3 Å². The van der Waals surface area contributed by atoms with E-state index in [0.29, 0.717) is 30.1 Å². The third-order valence-electron chi connectivity index (χ3n) is 4.15. The number of rotatable bonds is 2. The van der Waals surface area contributed by atoms with Crippen LogP contribution in [0.3, 0.4) is 0 Å². The summed E-state index contributed by atoms with van der Waals surface area (Å²) in [5, 5.41) is 0.613. The summed E-state index contributed by atoms with van der Waals surface area (Å²) >= 11 is 0. The van der Waals surface area contributed by atoms with Crippen molar-refractivity contribution in [2.24, 2.45) is 0 Å². The molecular formula is C19H17NO3. The van der Waals surface area contributed by atoms with E-state index in [4.69, 9.17) is 9.15 Å². The van der Waals surface area contributed by atoms with Crippen molar-refractivity contribution in [1.82, 2.24) is 0 Å². The average molecular weight is 307 g/mol. The molecule has 1 aliphatic heterocycles. The third-order valence-corrected chi connectivity index (χ3v) is 4.15. The van der Waals surface area contributed by atoms with Crippen LogP contribution >= 0.6 is 0 Å². The average Bonchev–Trinajstić information content (AvgIpc) is 2.63. The highest BCUT2D eigenvalue weighted by atomic mass is 16.5. The molecule has 1 aliphatic rings. The molecule has 116 valence electrons. The lowest BCUT2D eigenvalue weighted by molar-refractivity contribution is 0.121. The second-order valence-corrected chi connectivity index (χ2v) is 5.63. The van der Waals surface area contributed by atoms with E-state index in [-0.39, 0.29) is 5.43 Å². The van der Waals surface area contributed by atoms with Gasteiger partial charge in [-0.05, 0) is 23.3 Å². The Bertz CT molecular complexity index is 880. The predicted molar refractivity (Wildman–Crippen MR) is 91.0 cm³/mol.